The Kier molecular flexibility index (Phi) is 5.61. The Labute approximate surface area is 185 Å². The van der Waals surface area contributed by atoms with Crippen LogP contribution in [-0.2, 0) is 22.7 Å². The lowest BCUT2D eigenvalue weighted by Crippen LogP contribution is -2.57. The molecule has 4 rings (SSSR count). The number of amides is 4. The molecule has 31 heavy (non-hydrogen) atoms. The van der Waals surface area contributed by atoms with E-state index < -0.39 is 11.9 Å². The third-order valence-corrected chi connectivity index (χ3v) is 5.87. The summed E-state index contributed by atoms with van der Waals surface area (Å²) in [6.45, 7) is 0.601. The third kappa shape index (κ3) is 3.84. The molecule has 1 saturated heterocycles. The van der Waals surface area contributed by atoms with E-state index in [2.05, 4.69) is 5.32 Å². The predicted octanol–water partition coefficient (Wildman–Crippen LogP) is 2.60. The second-order valence-electron chi connectivity index (χ2n) is 7.47. The summed E-state index contributed by atoms with van der Waals surface area (Å²) in [6, 6.07) is 16.4. The average Bonchev–Trinajstić information content (AvgIpc) is 3.15. The second kappa shape index (κ2) is 8.35. The van der Waals surface area contributed by atoms with E-state index in [1.165, 1.54) is 11.9 Å². The summed E-state index contributed by atoms with van der Waals surface area (Å²) in [7, 11) is 3.06. The number of imide groups is 1. The van der Waals surface area contributed by atoms with E-state index in [1.54, 1.807) is 23.8 Å². The minimum Gasteiger partial charge on any atom is -0.345 e. The van der Waals surface area contributed by atoms with Crippen LogP contribution in [0.5, 0.6) is 0 Å². The number of hydrogen-bond donors (Lipinski definition) is 1. The molecule has 2 aliphatic heterocycles. The van der Waals surface area contributed by atoms with E-state index in [0.717, 1.165) is 16.0 Å². The van der Waals surface area contributed by atoms with E-state index in [-0.39, 0.29) is 18.4 Å². The molecule has 4 amide bonds. The summed E-state index contributed by atoms with van der Waals surface area (Å²) in [5, 5.41) is 3.45. The molecule has 2 aromatic rings. The summed E-state index contributed by atoms with van der Waals surface area (Å²) in [4.78, 5) is 41.0. The number of fused-ring (bicyclic) bond motifs is 1. The number of urea groups is 1. The van der Waals surface area contributed by atoms with Gasteiger partial charge < -0.3 is 5.32 Å². The molecule has 0 spiro atoms. The number of carbonyl (C=O) groups excluding carboxylic acids is 3. The summed E-state index contributed by atoms with van der Waals surface area (Å²) in [6.07, 6.45) is 1.63. The van der Waals surface area contributed by atoms with E-state index in [9.17, 15) is 14.4 Å². The summed E-state index contributed by atoms with van der Waals surface area (Å²) >= 11 is 6.20. The van der Waals surface area contributed by atoms with Crippen LogP contribution in [0.3, 0.4) is 0 Å². The van der Waals surface area contributed by atoms with E-state index in [4.69, 9.17) is 11.6 Å². The Balaban J connectivity index is 1.68. The van der Waals surface area contributed by atoms with Gasteiger partial charge in [0.2, 0.25) is 0 Å². The Bertz CT molecular complexity index is 1130. The maximum Gasteiger partial charge on any atom is 0.417 e. The van der Waals surface area contributed by atoms with Gasteiger partial charge in [0, 0.05) is 18.6 Å². The zero-order valence-corrected chi connectivity index (χ0v) is 18.0. The second-order valence-corrected chi connectivity index (χ2v) is 7.88. The van der Waals surface area contributed by atoms with Crippen molar-refractivity contribution in [3.63, 3.8) is 0 Å². The van der Waals surface area contributed by atoms with Crippen LogP contribution in [0.25, 0.3) is 0 Å². The van der Waals surface area contributed by atoms with Crippen molar-refractivity contribution in [1.82, 2.24) is 15.1 Å². The molecule has 2 aromatic carbocycles. The highest BCUT2D eigenvalue weighted by atomic mass is 35.5. The highest BCUT2D eigenvalue weighted by Gasteiger charge is 2.51. The molecular weight excluding hydrogens is 416 g/mol. The summed E-state index contributed by atoms with van der Waals surface area (Å²) in [5.74, 6) is -0.906. The molecule has 7 nitrogen and oxygen atoms in total. The van der Waals surface area contributed by atoms with Gasteiger partial charge in [0.25, 0.3) is 17.6 Å². The molecule has 2 aliphatic rings. The molecule has 1 atom stereocenters. The Hall–Kier alpha value is -3.45. The number of nitrogens with one attached hydrogen (secondary N) is 1. The first-order valence-electron chi connectivity index (χ1n) is 9.85. The van der Waals surface area contributed by atoms with Crippen LogP contribution in [0.1, 0.15) is 11.1 Å². The third-order valence-electron chi connectivity index (χ3n) is 5.50. The topological polar surface area (TPSA) is 72.7 Å². The van der Waals surface area contributed by atoms with Crippen molar-refractivity contribution in [2.24, 2.45) is 5.92 Å². The van der Waals surface area contributed by atoms with Crippen LogP contribution >= 0.6 is 11.6 Å². The van der Waals surface area contributed by atoms with Crippen molar-refractivity contribution in [1.29, 1.82) is 0 Å². The SMILES string of the molecule is CN1C(=O)C2C=C(C(=O)NCc3ccccc3Cl)[N+](Cc3ccccc3)=C2N(C)C1=O. The fourth-order valence-electron chi connectivity index (χ4n) is 3.85. The maximum atomic E-state index is 13.1. The van der Waals surface area contributed by atoms with Crippen LogP contribution in [0.15, 0.2) is 66.4 Å². The van der Waals surface area contributed by atoms with Crippen molar-refractivity contribution in [2.75, 3.05) is 14.1 Å². The van der Waals surface area contributed by atoms with Crippen molar-refractivity contribution in [3.8, 4) is 0 Å². The maximum absolute atomic E-state index is 13.1. The molecule has 0 radical (unpaired) electrons. The highest BCUT2D eigenvalue weighted by Crippen LogP contribution is 2.27. The zero-order valence-electron chi connectivity index (χ0n) is 17.2. The number of amidine groups is 1. The number of hydrogen-bond acceptors (Lipinski definition) is 3. The average molecular weight is 438 g/mol. The fraction of sp³-hybridized carbons (Fsp3) is 0.217. The van der Waals surface area contributed by atoms with Gasteiger partial charge in [0.1, 0.15) is 6.54 Å². The van der Waals surface area contributed by atoms with Crippen molar-refractivity contribution < 1.29 is 19.0 Å². The van der Waals surface area contributed by atoms with Crippen molar-refractivity contribution in [3.05, 3.63) is 82.5 Å². The molecular formula is C23H22ClN4O3+. The van der Waals surface area contributed by atoms with Crippen LogP contribution in [0.4, 0.5) is 4.79 Å². The lowest BCUT2D eigenvalue weighted by atomic mass is 10.0. The van der Waals surface area contributed by atoms with Gasteiger partial charge in [-0.3, -0.25) is 9.59 Å². The lowest BCUT2D eigenvalue weighted by molar-refractivity contribution is -0.490. The fourth-order valence-corrected chi connectivity index (χ4v) is 4.05. The van der Waals surface area contributed by atoms with Crippen LogP contribution in [0, 0.1) is 5.92 Å². The van der Waals surface area contributed by atoms with Gasteiger partial charge >= 0.3 is 6.03 Å². The van der Waals surface area contributed by atoms with Crippen LogP contribution in [-0.4, -0.2) is 52.2 Å². The standard InChI is InChI=1S/C23H21ClN4O3/c1-26-21-17(22(30)27(2)23(26)31)12-19(28(21)14-15-8-4-3-5-9-15)20(29)25-13-16-10-6-7-11-18(16)24/h3-12,17H,13-14H2,1-2H3/p+1. The molecule has 158 valence electrons. The van der Waals surface area contributed by atoms with Crippen LogP contribution in [0.2, 0.25) is 5.02 Å². The van der Waals surface area contributed by atoms with E-state index in [1.807, 2.05) is 48.5 Å². The van der Waals surface area contributed by atoms with Gasteiger partial charge in [0.05, 0.1) is 7.05 Å². The van der Waals surface area contributed by atoms with Gasteiger partial charge in [-0.2, -0.15) is 4.90 Å². The van der Waals surface area contributed by atoms with Gasteiger partial charge in [-0.05, 0) is 23.3 Å². The highest BCUT2D eigenvalue weighted by molar-refractivity contribution is 6.31. The number of rotatable bonds is 5. The Morgan fingerprint density at radius 2 is 1.71 bits per heavy atom. The first kappa shape index (κ1) is 20.8. The number of carbonyl (C=O) groups is 3. The van der Waals surface area contributed by atoms with Crippen molar-refractivity contribution >= 4 is 35.3 Å². The molecule has 1 N–H and O–H groups in total. The van der Waals surface area contributed by atoms with Gasteiger partial charge in [-0.1, -0.05) is 60.1 Å². The molecule has 0 aliphatic carbocycles. The van der Waals surface area contributed by atoms with Gasteiger partial charge in [-0.25, -0.2) is 14.3 Å². The molecule has 0 bridgehead atoms. The Morgan fingerprint density at radius 3 is 2.42 bits per heavy atom. The first-order chi connectivity index (χ1) is 14.9. The predicted molar refractivity (Wildman–Crippen MR) is 116 cm³/mol. The van der Waals surface area contributed by atoms with Crippen molar-refractivity contribution in [2.45, 2.75) is 13.1 Å². The minimum absolute atomic E-state index is 0.248. The molecule has 0 saturated carbocycles. The van der Waals surface area contributed by atoms with Crippen LogP contribution < -0.4 is 5.32 Å². The molecule has 0 aromatic heterocycles. The molecule has 2 heterocycles. The van der Waals surface area contributed by atoms with Gasteiger partial charge in [0.15, 0.2) is 11.6 Å². The smallest absolute Gasteiger partial charge is 0.345 e. The molecule has 8 heteroatoms. The monoisotopic (exact) mass is 437 g/mol. The summed E-state index contributed by atoms with van der Waals surface area (Å²) in [5.41, 5.74) is 2.07. The normalized spacial score (nSPS) is 18.3. The molecule has 1 fully saturated rings. The lowest BCUT2D eigenvalue weighted by Gasteiger charge is -2.27. The number of halogens is 1. The van der Waals surface area contributed by atoms with E-state index >= 15 is 0 Å². The van der Waals surface area contributed by atoms with E-state index in [0.29, 0.717) is 23.1 Å². The number of nitrogens with zero attached hydrogens (tertiary/aromatic N) is 3. The Morgan fingerprint density at radius 1 is 1.03 bits per heavy atom. The zero-order chi connectivity index (χ0) is 22.1. The van der Waals surface area contributed by atoms with Gasteiger partial charge in [-0.15, -0.1) is 0 Å². The quantitative estimate of drug-likeness (QED) is 0.731. The number of benzene rings is 2. The first-order valence-corrected chi connectivity index (χ1v) is 10.2. The molecule has 1 unspecified atom stereocenters. The minimum atomic E-state index is -0.697. The largest absolute Gasteiger partial charge is 0.417 e. The summed E-state index contributed by atoms with van der Waals surface area (Å²) < 4.78 is 1.74.